The van der Waals surface area contributed by atoms with E-state index in [0.29, 0.717) is 25.4 Å². The summed E-state index contributed by atoms with van der Waals surface area (Å²) in [5.41, 5.74) is 0. The molecule has 4 atom stereocenters. The number of halogens is 3. The van der Waals surface area contributed by atoms with Crippen molar-refractivity contribution >= 4 is 0 Å². The lowest BCUT2D eigenvalue weighted by atomic mass is 9.87. The van der Waals surface area contributed by atoms with Gasteiger partial charge in [-0.15, -0.1) is 0 Å². The summed E-state index contributed by atoms with van der Waals surface area (Å²) >= 11 is 0. The number of aliphatic hydroxyl groups is 1. The summed E-state index contributed by atoms with van der Waals surface area (Å²) in [7, 11) is 0. The smallest absolute Gasteiger partial charge is 0.393 e. The molecule has 120 valence electrons. The van der Waals surface area contributed by atoms with Gasteiger partial charge in [0.1, 0.15) is 0 Å². The molecule has 0 aliphatic carbocycles. The summed E-state index contributed by atoms with van der Waals surface area (Å²) in [6.07, 6.45) is -2.40. The van der Waals surface area contributed by atoms with Crippen LogP contribution in [0.25, 0.3) is 0 Å². The highest BCUT2D eigenvalue weighted by molar-refractivity contribution is 4.88. The molecule has 1 saturated heterocycles. The summed E-state index contributed by atoms with van der Waals surface area (Å²) in [5, 5.41) is 12.6. The van der Waals surface area contributed by atoms with E-state index in [1.54, 1.807) is 0 Å². The van der Waals surface area contributed by atoms with Gasteiger partial charge in [-0.3, -0.25) is 4.90 Å². The first-order chi connectivity index (χ1) is 9.26. The minimum Gasteiger partial charge on any atom is -0.393 e. The molecule has 1 rings (SSSR count). The molecule has 0 aromatic rings. The van der Waals surface area contributed by atoms with E-state index < -0.39 is 18.8 Å². The molecule has 20 heavy (non-hydrogen) atoms. The van der Waals surface area contributed by atoms with Crippen LogP contribution in [0.4, 0.5) is 13.2 Å². The number of hydrogen-bond acceptors (Lipinski definition) is 3. The van der Waals surface area contributed by atoms with Gasteiger partial charge in [0.05, 0.1) is 12.6 Å². The van der Waals surface area contributed by atoms with E-state index in [1.165, 1.54) is 0 Å². The Morgan fingerprint density at radius 1 is 1.25 bits per heavy atom. The van der Waals surface area contributed by atoms with E-state index in [4.69, 9.17) is 0 Å². The highest BCUT2D eigenvalue weighted by Crippen LogP contribution is 2.25. The second-order valence-electron chi connectivity index (χ2n) is 5.88. The highest BCUT2D eigenvalue weighted by atomic mass is 19.4. The summed E-state index contributed by atoms with van der Waals surface area (Å²) in [6.45, 7) is 6.50. The van der Waals surface area contributed by atoms with Crippen molar-refractivity contribution in [3.63, 3.8) is 0 Å². The van der Waals surface area contributed by atoms with E-state index in [9.17, 15) is 18.3 Å². The van der Waals surface area contributed by atoms with Crippen LogP contribution in [0, 0.1) is 5.92 Å². The molecule has 1 heterocycles. The fourth-order valence-electron chi connectivity index (χ4n) is 2.81. The summed E-state index contributed by atoms with van der Waals surface area (Å²) < 4.78 is 37.0. The molecule has 1 fully saturated rings. The quantitative estimate of drug-likeness (QED) is 0.790. The minimum absolute atomic E-state index is 0.0495. The fourth-order valence-corrected chi connectivity index (χ4v) is 2.81. The SMILES string of the molecule is CCC(O)C1CC(NCC(F)(F)F)CN(C(C)CC)C1. The molecule has 4 unspecified atom stereocenters. The van der Waals surface area contributed by atoms with Gasteiger partial charge in [-0.2, -0.15) is 13.2 Å². The Kier molecular flexibility index (Phi) is 6.75. The van der Waals surface area contributed by atoms with Crippen LogP contribution in [0.2, 0.25) is 0 Å². The van der Waals surface area contributed by atoms with Crippen molar-refractivity contribution in [3.05, 3.63) is 0 Å². The Bertz CT molecular complexity index is 268. The first-order valence-corrected chi connectivity index (χ1v) is 7.49. The van der Waals surface area contributed by atoms with Crippen molar-refractivity contribution in [2.75, 3.05) is 19.6 Å². The summed E-state index contributed by atoms with van der Waals surface area (Å²) in [5.74, 6) is 0.0495. The average molecular weight is 296 g/mol. The zero-order valence-electron chi connectivity index (χ0n) is 12.6. The zero-order valence-corrected chi connectivity index (χ0v) is 12.6. The number of piperidine rings is 1. The van der Waals surface area contributed by atoms with Crippen LogP contribution in [0.15, 0.2) is 0 Å². The second-order valence-corrected chi connectivity index (χ2v) is 5.88. The average Bonchev–Trinajstić information content (AvgIpc) is 2.42. The molecule has 0 aromatic heterocycles. The van der Waals surface area contributed by atoms with Gasteiger partial charge in [-0.25, -0.2) is 0 Å². The lowest BCUT2D eigenvalue weighted by Crippen LogP contribution is -2.55. The number of nitrogens with one attached hydrogen (secondary N) is 1. The molecule has 1 aliphatic heterocycles. The molecule has 0 aromatic carbocycles. The molecule has 0 saturated carbocycles. The highest BCUT2D eigenvalue weighted by Gasteiger charge is 2.35. The molecule has 0 bridgehead atoms. The van der Waals surface area contributed by atoms with Crippen LogP contribution in [-0.4, -0.2) is 54.0 Å². The van der Waals surface area contributed by atoms with Gasteiger partial charge < -0.3 is 10.4 Å². The predicted molar refractivity (Wildman–Crippen MR) is 73.6 cm³/mol. The Balaban J connectivity index is 2.64. The number of aliphatic hydroxyl groups excluding tert-OH is 1. The van der Waals surface area contributed by atoms with Crippen LogP contribution in [-0.2, 0) is 0 Å². The Labute approximate surface area is 119 Å². The first-order valence-electron chi connectivity index (χ1n) is 7.49. The molecular formula is C14H27F3N2O. The van der Waals surface area contributed by atoms with Crippen LogP contribution >= 0.6 is 0 Å². The number of hydrogen-bond donors (Lipinski definition) is 2. The maximum absolute atomic E-state index is 12.3. The Morgan fingerprint density at radius 3 is 2.40 bits per heavy atom. The van der Waals surface area contributed by atoms with Crippen molar-refractivity contribution in [2.45, 2.75) is 64.4 Å². The van der Waals surface area contributed by atoms with E-state index >= 15 is 0 Å². The third kappa shape index (κ3) is 5.58. The van der Waals surface area contributed by atoms with Gasteiger partial charge in [0.25, 0.3) is 0 Å². The third-order valence-electron chi connectivity index (χ3n) is 4.28. The van der Waals surface area contributed by atoms with Crippen molar-refractivity contribution in [3.8, 4) is 0 Å². The molecule has 6 heteroatoms. The van der Waals surface area contributed by atoms with Gasteiger partial charge >= 0.3 is 6.18 Å². The lowest BCUT2D eigenvalue weighted by molar-refractivity contribution is -0.127. The van der Waals surface area contributed by atoms with Gasteiger partial charge in [0.15, 0.2) is 0 Å². The monoisotopic (exact) mass is 296 g/mol. The van der Waals surface area contributed by atoms with E-state index in [2.05, 4.69) is 24.1 Å². The van der Waals surface area contributed by atoms with Crippen molar-refractivity contribution < 1.29 is 18.3 Å². The van der Waals surface area contributed by atoms with Gasteiger partial charge in [-0.05, 0) is 32.1 Å². The van der Waals surface area contributed by atoms with E-state index in [1.807, 2.05) is 6.92 Å². The van der Waals surface area contributed by atoms with Gasteiger partial charge in [0, 0.05) is 25.2 Å². The summed E-state index contributed by atoms with van der Waals surface area (Å²) in [4.78, 5) is 2.20. The van der Waals surface area contributed by atoms with Crippen molar-refractivity contribution in [1.29, 1.82) is 0 Å². The molecule has 0 amide bonds. The van der Waals surface area contributed by atoms with Crippen LogP contribution < -0.4 is 5.32 Å². The van der Waals surface area contributed by atoms with Crippen LogP contribution in [0.3, 0.4) is 0 Å². The standard InChI is InChI=1S/C14H27F3N2O/c1-4-10(3)19-7-11(13(20)5-2)6-12(8-19)18-9-14(15,16)17/h10-13,18,20H,4-9H2,1-3H3. The zero-order chi connectivity index (χ0) is 15.3. The van der Waals surface area contributed by atoms with E-state index in [-0.39, 0.29) is 12.0 Å². The topological polar surface area (TPSA) is 35.5 Å². The van der Waals surface area contributed by atoms with E-state index in [0.717, 1.165) is 13.0 Å². The molecule has 2 N–H and O–H groups in total. The van der Waals surface area contributed by atoms with Gasteiger partial charge in [-0.1, -0.05) is 13.8 Å². The third-order valence-corrected chi connectivity index (χ3v) is 4.28. The van der Waals surface area contributed by atoms with Crippen LogP contribution in [0.1, 0.15) is 40.0 Å². The maximum Gasteiger partial charge on any atom is 0.401 e. The Morgan fingerprint density at radius 2 is 1.90 bits per heavy atom. The molecule has 3 nitrogen and oxygen atoms in total. The molecule has 0 spiro atoms. The van der Waals surface area contributed by atoms with Crippen LogP contribution in [0.5, 0.6) is 0 Å². The first kappa shape index (κ1) is 17.7. The number of rotatable bonds is 6. The molecular weight excluding hydrogens is 269 g/mol. The summed E-state index contributed by atoms with van der Waals surface area (Å²) in [6, 6.07) is 0.127. The molecule has 0 radical (unpaired) electrons. The van der Waals surface area contributed by atoms with Crippen molar-refractivity contribution in [2.24, 2.45) is 5.92 Å². The second kappa shape index (κ2) is 7.61. The fraction of sp³-hybridized carbons (Fsp3) is 1.00. The van der Waals surface area contributed by atoms with Gasteiger partial charge in [0.2, 0.25) is 0 Å². The maximum atomic E-state index is 12.3. The normalized spacial score (nSPS) is 28.4. The minimum atomic E-state index is -4.18. The molecule has 1 aliphatic rings. The largest absolute Gasteiger partial charge is 0.401 e. The Hall–Kier alpha value is -0.330. The lowest BCUT2D eigenvalue weighted by Gasteiger charge is -2.42. The number of alkyl halides is 3. The van der Waals surface area contributed by atoms with Crippen molar-refractivity contribution in [1.82, 2.24) is 10.2 Å². The number of likely N-dealkylation sites (tertiary alicyclic amines) is 1. The predicted octanol–water partition coefficient (Wildman–Crippen LogP) is 2.40. The number of nitrogens with zero attached hydrogens (tertiary/aromatic N) is 1.